The van der Waals surface area contributed by atoms with Crippen LogP contribution in [0.3, 0.4) is 0 Å². The molecule has 6 rings (SSSR count). The number of hydrogen-bond acceptors (Lipinski definition) is 3. The summed E-state index contributed by atoms with van der Waals surface area (Å²) in [6, 6.07) is 26.5. The quantitative estimate of drug-likeness (QED) is 0.237. The summed E-state index contributed by atoms with van der Waals surface area (Å²) in [5.41, 5.74) is 20.2. The molecule has 0 atom stereocenters. The molecule has 0 fully saturated rings. The number of nitrogens with one attached hydrogen (secondary N) is 1. The highest BCUT2D eigenvalue weighted by Gasteiger charge is 2.43. The molecule has 4 nitrogen and oxygen atoms in total. The molecule has 0 aromatic heterocycles. The second-order valence-corrected chi connectivity index (χ2v) is 13.8. The highest BCUT2D eigenvalue weighted by molar-refractivity contribution is 6.03. The Balaban J connectivity index is 1.43. The number of likely N-dealkylation sites (N-methyl/N-ethyl adjacent to an activating group) is 1. The smallest absolute Gasteiger partial charge is 0.209 e. The van der Waals surface area contributed by atoms with Gasteiger partial charge in [0.05, 0.1) is 5.41 Å². The van der Waals surface area contributed by atoms with E-state index < -0.39 is 0 Å². The molecule has 1 aliphatic carbocycles. The van der Waals surface area contributed by atoms with E-state index in [0.29, 0.717) is 6.54 Å². The third kappa shape index (κ3) is 5.69. The van der Waals surface area contributed by atoms with Crippen LogP contribution < -0.4 is 16.0 Å². The second kappa shape index (κ2) is 12.9. The van der Waals surface area contributed by atoms with Crippen molar-refractivity contribution in [3.05, 3.63) is 136 Å². The summed E-state index contributed by atoms with van der Waals surface area (Å²) < 4.78 is 2.48. The number of para-hydroxylation sites is 2. The lowest BCUT2D eigenvalue weighted by atomic mass is 9.81. The van der Waals surface area contributed by atoms with E-state index in [1.54, 1.807) is 0 Å². The fourth-order valence-corrected chi connectivity index (χ4v) is 7.81. The van der Waals surface area contributed by atoms with Crippen LogP contribution in [0, 0.1) is 0 Å². The van der Waals surface area contributed by atoms with Crippen LogP contribution >= 0.6 is 0 Å². The predicted molar refractivity (Wildman–Crippen MR) is 196 cm³/mol. The van der Waals surface area contributed by atoms with Gasteiger partial charge in [-0.05, 0) is 106 Å². The fourth-order valence-electron chi connectivity index (χ4n) is 7.81. The third-order valence-corrected chi connectivity index (χ3v) is 10.3. The molecule has 3 aliphatic rings. The SMILES string of the molecule is CCN1C(=CC=C2CCCC(C=CC3=[N+](CC)c4ccccc4C3(C)C)=C2Nc2ccc(CCN)cc2)C(C)(C)c2ccccc21. The minimum Gasteiger partial charge on any atom is -0.355 e. The van der Waals surface area contributed by atoms with E-state index in [0.717, 1.165) is 44.5 Å². The Morgan fingerprint density at radius 1 is 0.826 bits per heavy atom. The maximum Gasteiger partial charge on any atom is 0.209 e. The lowest BCUT2D eigenvalue weighted by Gasteiger charge is -2.27. The van der Waals surface area contributed by atoms with Crippen LogP contribution in [0.15, 0.2) is 120 Å². The van der Waals surface area contributed by atoms with Gasteiger partial charge in [0.2, 0.25) is 5.69 Å². The first-order valence-corrected chi connectivity index (χ1v) is 17.2. The van der Waals surface area contributed by atoms with Crippen LogP contribution in [0.25, 0.3) is 0 Å². The van der Waals surface area contributed by atoms with Gasteiger partial charge in [-0.2, -0.15) is 4.58 Å². The number of nitrogens with two attached hydrogens (primary N) is 1. The van der Waals surface area contributed by atoms with Crippen molar-refractivity contribution < 1.29 is 4.58 Å². The molecule has 0 bridgehead atoms. The first kappa shape index (κ1) is 31.8. The van der Waals surface area contributed by atoms with Crippen LogP contribution in [-0.2, 0) is 17.3 Å². The van der Waals surface area contributed by atoms with Crippen LogP contribution in [0.5, 0.6) is 0 Å². The molecule has 0 saturated carbocycles. The van der Waals surface area contributed by atoms with Gasteiger partial charge in [0.15, 0.2) is 5.71 Å². The highest BCUT2D eigenvalue weighted by Crippen LogP contribution is 2.47. The number of rotatable bonds is 9. The monoisotopic (exact) mass is 611 g/mol. The molecule has 3 aromatic carbocycles. The van der Waals surface area contributed by atoms with Crippen molar-refractivity contribution in [3.8, 4) is 0 Å². The zero-order valence-corrected chi connectivity index (χ0v) is 28.7. The molecule has 46 heavy (non-hydrogen) atoms. The molecule has 2 aliphatic heterocycles. The Kier molecular flexibility index (Phi) is 8.94. The topological polar surface area (TPSA) is 44.3 Å². The summed E-state index contributed by atoms with van der Waals surface area (Å²) in [7, 11) is 0. The van der Waals surface area contributed by atoms with Crippen LogP contribution in [0.2, 0.25) is 0 Å². The highest BCUT2D eigenvalue weighted by atomic mass is 15.2. The first-order valence-electron chi connectivity index (χ1n) is 17.2. The minimum absolute atomic E-state index is 0.0551. The van der Waals surface area contributed by atoms with Crippen LogP contribution in [0.4, 0.5) is 17.1 Å². The summed E-state index contributed by atoms with van der Waals surface area (Å²) in [5, 5.41) is 3.89. The van der Waals surface area contributed by atoms with Crippen molar-refractivity contribution in [2.24, 2.45) is 5.73 Å². The third-order valence-electron chi connectivity index (χ3n) is 10.3. The van der Waals surface area contributed by atoms with Gasteiger partial charge >= 0.3 is 0 Å². The number of anilines is 2. The Morgan fingerprint density at radius 2 is 1.54 bits per heavy atom. The van der Waals surface area contributed by atoms with Crippen molar-refractivity contribution in [2.75, 3.05) is 29.9 Å². The molecule has 4 heteroatoms. The Morgan fingerprint density at radius 3 is 2.26 bits per heavy atom. The van der Waals surface area contributed by atoms with E-state index in [1.165, 1.54) is 56.3 Å². The van der Waals surface area contributed by atoms with Crippen molar-refractivity contribution in [3.63, 3.8) is 0 Å². The molecule has 0 spiro atoms. The molecule has 0 unspecified atom stereocenters. The lowest BCUT2D eigenvalue weighted by molar-refractivity contribution is -0.433. The molecule has 2 heterocycles. The molecule has 0 radical (unpaired) electrons. The van der Waals surface area contributed by atoms with Crippen molar-refractivity contribution in [2.45, 2.75) is 78.1 Å². The van der Waals surface area contributed by atoms with Gasteiger partial charge in [0.25, 0.3) is 0 Å². The van der Waals surface area contributed by atoms with E-state index in [2.05, 4.69) is 153 Å². The lowest BCUT2D eigenvalue weighted by Crippen LogP contribution is -2.27. The standard InChI is InChI=1S/C42H50N4/c1-7-45-36-18-11-9-16-34(36)41(3,4)38(45)26-22-31-14-13-15-32(40(31)44-33-24-20-30(21-25-33)28-29-43)23-27-39-42(5,6)35-17-10-12-19-37(35)46(39)8-2/h9-12,16-27H,7-8,13-15,28-29,43H2,1-6H3/p+1. The van der Waals surface area contributed by atoms with E-state index >= 15 is 0 Å². The van der Waals surface area contributed by atoms with Crippen molar-refractivity contribution in [1.29, 1.82) is 0 Å². The zero-order valence-electron chi connectivity index (χ0n) is 28.7. The molecule has 0 saturated heterocycles. The Bertz CT molecular complexity index is 1760. The van der Waals surface area contributed by atoms with Crippen LogP contribution in [-0.4, -0.2) is 29.9 Å². The van der Waals surface area contributed by atoms with Crippen molar-refractivity contribution in [1.82, 2.24) is 0 Å². The van der Waals surface area contributed by atoms with Crippen molar-refractivity contribution >= 4 is 22.8 Å². The number of hydrogen-bond donors (Lipinski definition) is 2. The zero-order chi connectivity index (χ0) is 32.5. The number of benzene rings is 3. The van der Waals surface area contributed by atoms with E-state index in [4.69, 9.17) is 5.73 Å². The maximum absolute atomic E-state index is 5.84. The maximum atomic E-state index is 5.84. The van der Waals surface area contributed by atoms with Gasteiger partial charge in [0, 0.05) is 52.4 Å². The van der Waals surface area contributed by atoms with Gasteiger partial charge in [-0.25, -0.2) is 0 Å². The summed E-state index contributed by atoms with van der Waals surface area (Å²) in [6.45, 7) is 16.5. The fraction of sp³-hybridized carbons (Fsp3) is 0.357. The molecule has 0 amide bonds. The number of fused-ring (bicyclic) bond motifs is 2. The summed E-state index contributed by atoms with van der Waals surface area (Å²) in [6.07, 6.45) is 13.7. The molecular weight excluding hydrogens is 560 g/mol. The molecule has 238 valence electrons. The van der Waals surface area contributed by atoms with Gasteiger partial charge in [0.1, 0.15) is 6.54 Å². The molecular formula is C42H51N4+. The second-order valence-electron chi connectivity index (χ2n) is 13.8. The van der Waals surface area contributed by atoms with Gasteiger partial charge in [-0.3, -0.25) is 0 Å². The summed E-state index contributed by atoms with van der Waals surface area (Å²) >= 11 is 0. The number of allylic oxidation sites excluding steroid dienone is 7. The number of nitrogens with zero attached hydrogens (tertiary/aromatic N) is 2. The average Bonchev–Trinajstić information content (AvgIpc) is 3.42. The van der Waals surface area contributed by atoms with E-state index in [-0.39, 0.29) is 10.8 Å². The van der Waals surface area contributed by atoms with Gasteiger partial charge in [-0.15, -0.1) is 0 Å². The van der Waals surface area contributed by atoms with Gasteiger partial charge in [-0.1, -0.05) is 74.5 Å². The summed E-state index contributed by atoms with van der Waals surface area (Å²) in [4.78, 5) is 2.48. The average molecular weight is 612 g/mol. The summed E-state index contributed by atoms with van der Waals surface area (Å²) in [5.74, 6) is 0. The molecule has 3 N–H and O–H groups in total. The Hall–Kier alpha value is -4.15. The first-order chi connectivity index (χ1) is 22.2. The van der Waals surface area contributed by atoms with Gasteiger partial charge < -0.3 is 16.0 Å². The minimum atomic E-state index is -0.0551. The molecule has 3 aromatic rings. The normalized spacial score (nSPS) is 20.3. The van der Waals surface area contributed by atoms with E-state index in [9.17, 15) is 0 Å². The Labute approximate surface area is 276 Å². The predicted octanol–water partition coefficient (Wildman–Crippen LogP) is 9.32. The van der Waals surface area contributed by atoms with E-state index in [1.807, 2.05) is 0 Å². The largest absolute Gasteiger partial charge is 0.355 e. The van der Waals surface area contributed by atoms with Crippen LogP contribution in [0.1, 0.15) is 77.5 Å².